The molecule has 4 aliphatic carbocycles. The fraction of sp³-hybridized carbons (Fsp3) is 0.417. The summed E-state index contributed by atoms with van der Waals surface area (Å²) in [5.41, 5.74) is 5.25. The summed E-state index contributed by atoms with van der Waals surface area (Å²) in [7, 11) is -4.25. The third-order valence-electron chi connectivity index (χ3n) is 7.63. The van der Waals surface area contributed by atoms with Crippen molar-refractivity contribution in [2.75, 3.05) is 4.72 Å². The van der Waals surface area contributed by atoms with Crippen molar-refractivity contribution in [3.05, 3.63) is 59.9 Å². The van der Waals surface area contributed by atoms with Gasteiger partial charge < -0.3 is 11.1 Å². The molecule has 4 N–H and O–H groups in total. The molecule has 33 heavy (non-hydrogen) atoms. The maximum atomic E-state index is 14.1. The summed E-state index contributed by atoms with van der Waals surface area (Å²) >= 11 is 0. The molecule has 0 spiro atoms. The number of para-hydroxylation sites is 1. The van der Waals surface area contributed by atoms with E-state index in [1.807, 2.05) is 0 Å². The average molecular weight is 472 g/mol. The van der Waals surface area contributed by atoms with E-state index in [-0.39, 0.29) is 29.1 Å². The Labute approximate surface area is 192 Å². The third kappa shape index (κ3) is 3.68. The molecule has 4 aliphatic rings. The molecule has 4 bridgehead atoms. The molecule has 9 heteroatoms. The molecule has 0 saturated heterocycles. The summed E-state index contributed by atoms with van der Waals surface area (Å²) in [5, 5.41) is 3.03. The van der Waals surface area contributed by atoms with Gasteiger partial charge in [-0.3, -0.25) is 14.3 Å². The number of primary amides is 1. The van der Waals surface area contributed by atoms with Crippen molar-refractivity contribution in [3.63, 3.8) is 0 Å². The number of anilines is 1. The molecule has 3 unspecified atom stereocenters. The van der Waals surface area contributed by atoms with Crippen molar-refractivity contribution >= 4 is 27.5 Å². The number of sulfonamides is 1. The van der Waals surface area contributed by atoms with Crippen LogP contribution in [-0.4, -0.2) is 26.3 Å². The highest BCUT2D eigenvalue weighted by Crippen LogP contribution is 2.60. The molecule has 3 atom stereocenters. The first-order valence-corrected chi connectivity index (χ1v) is 12.6. The van der Waals surface area contributed by atoms with E-state index in [2.05, 4.69) is 10.0 Å². The Balaban J connectivity index is 1.43. The van der Waals surface area contributed by atoms with Gasteiger partial charge in [-0.2, -0.15) is 0 Å². The lowest BCUT2D eigenvalue weighted by Gasteiger charge is -2.59. The molecular weight excluding hydrogens is 445 g/mol. The molecule has 4 fully saturated rings. The smallest absolute Gasteiger partial charge is 0.264 e. The Hall–Kier alpha value is -2.94. The van der Waals surface area contributed by atoms with Gasteiger partial charge in [-0.05, 0) is 74.1 Å². The highest BCUT2D eigenvalue weighted by atomic mass is 32.2. The summed E-state index contributed by atoms with van der Waals surface area (Å²) in [4.78, 5) is 25.4. The second kappa shape index (κ2) is 7.83. The number of rotatable bonds is 6. The molecule has 0 heterocycles. The number of amides is 2. The minimum atomic E-state index is -4.25. The normalized spacial score (nSPS) is 30.1. The number of carbonyl (C=O) groups excluding carboxylic acids is 2. The quantitative estimate of drug-likeness (QED) is 0.600. The Kier molecular flexibility index (Phi) is 5.19. The highest BCUT2D eigenvalue weighted by molar-refractivity contribution is 7.92. The molecule has 7 nitrogen and oxygen atoms in total. The van der Waals surface area contributed by atoms with Gasteiger partial charge in [0.1, 0.15) is 10.7 Å². The average Bonchev–Trinajstić information content (AvgIpc) is 2.76. The number of halogens is 1. The van der Waals surface area contributed by atoms with E-state index < -0.39 is 32.1 Å². The van der Waals surface area contributed by atoms with Gasteiger partial charge in [-0.1, -0.05) is 24.3 Å². The maximum absolute atomic E-state index is 14.1. The molecule has 2 aromatic carbocycles. The van der Waals surface area contributed by atoms with E-state index in [0.717, 1.165) is 31.4 Å². The van der Waals surface area contributed by atoms with E-state index in [1.54, 1.807) is 12.1 Å². The third-order valence-corrected chi connectivity index (χ3v) is 9.03. The van der Waals surface area contributed by atoms with Crippen LogP contribution in [0.5, 0.6) is 0 Å². The molecular formula is C24H26FN3O4S. The Morgan fingerprint density at radius 2 is 1.61 bits per heavy atom. The second-order valence-electron chi connectivity index (χ2n) is 9.66. The predicted octanol–water partition coefficient (Wildman–Crippen LogP) is 3.04. The van der Waals surface area contributed by atoms with Gasteiger partial charge in [0, 0.05) is 6.04 Å². The summed E-state index contributed by atoms with van der Waals surface area (Å²) < 4.78 is 42.0. The monoisotopic (exact) mass is 471 g/mol. The van der Waals surface area contributed by atoms with Crippen LogP contribution in [0.15, 0.2) is 53.4 Å². The van der Waals surface area contributed by atoms with Crippen LogP contribution in [0.4, 0.5) is 10.1 Å². The van der Waals surface area contributed by atoms with Gasteiger partial charge in [0.15, 0.2) is 0 Å². The molecule has 6 rings (SSSR count). The van der Waals surface area contributed by atoms with E-state index in [0.29, 0.717) is 24.7 Å². The lowest BCUT2D eigenvalue weighted by molar-refractivity contribution is -0.148. The lowest BCUT2D eigenvalue weighted by Crippen LogP contribution is -2.66. The van der Waals surface area contributed by atoms with Crippen molar-refractivity contribution in [1.29, 1.82) is 0 Å². The fourth-order valence-electron chi connectivity index (χ4n) is 6.50. The minimum absolute atomic E-state index is 0.0372. The molecule has 0 radical (unpaired) electrons. The van der Waals surface area contributed by atoms with E-state index in [9.17, 15) is 22.4 Å². The number of nitrogens with one attached hydrogen (secondary N) is 2. The molecule has 4 saturated carbocycles. The first-order chi connectivity index (χ1) is 15.7. The largest absolute Gasteiger partial charge is 0.369 e. The number of carbonyl (C=O) groups is 2. The predicted molar refractivity (Wildman–Crippen MR) is 120 cm³/mol. The van der Waals surface area contributed by atoms with E-state index in [4.69, 9.17) is 5.73 Å². The van der Waals surface area contributed by atoms with E-state index >= 15 is 0 Å². The number of hydrogen-bond donors (Lipinski definition) is 3. The first-order valence-electron chi connectivity index (χ1n) is 11.2. The van der Waals surface area contributed by atoms with Crippen LogP contribution in [0, 0.1) is 29.0 Å². The zero-order valence-electron chi connectivity index (χ0n) is 18.0. The number of hydrogen-bond acceptors (Lipinski definition) is 4. The van der Waals surface area contributed by atoms with Crippen molar-refractivity contribution in [2.45, 2.75) is 43.0 Å². The van der Waals surface area contributed by atoms with E-state index in [1.165, 1.54) is 24.3 Å². The molecule has 2 aromatic rings. The summed E-state index contributed by atoms with van der Waals surface area (Å²) in [6, 6.07) is 10.8. The van der Waals surface area contributed by atoms with Gasteiger partial charge in [-0.15, -0.1) is 0 Å². The Bertz CT molecular complexity index is 1220. The molecule has 0 aromatic heterocycles. The summed E-state index contributed by atoms with van der Waals surface area (Å²) in [5.74, 6) is -0.648. The molecule has 174 valence electrons. The zero-order chi connectivity index (χ0) is 23.4. The minimum Gasteiger partial charge on any atom is -0.369 e. The fourth-order valence-corrected chi connectivity index (χ4v) is 7.66. The SMILES string of the molecule is NC(=O)C12CC3CC(CC(C3)C1NC(=O)c1ccccc1NS(=O)(=O)c1ccccc1F)C2. The Morgan fingerprint density at radius 1 is 0.970 bits per heavy atom. The lowest BCUT2D eigenvalue weighted by atomic mass is 9.47. The number of benzene rings is 2. The van der Waals surface area contributed by atoms with Crippen LogP contribution < -0.4 is 15.8 Å². The van der Waals surface area contributed by atoms with Gasteiger partial charge in [-0.25, -0.2) is 12.8 Å². The van der Waals surface area contributed by atoms with Crippen LogP contribution in [0.3, 0.4) is 0 Å². The van der Waals surface area contributed by atoms with Gasteiger partial charge in [0.2, 0.25) is 5.91 Å². The van der Waals surface area contributed by atoms with Crippen LogP contribution in [-0.2, 0) is 14.8 Å². The van der Waals surface area contributed by atoms with Crippen LogP contribution in [0.25, 0.3) is 0 Å². The number of nitrogens with two attached hydrogens (primary N) is 1. The van der Waals surface area contributed by atoms with Crippen molar-refractivity contribution in [2.24, 2.45) is 28.9 Å². The van der Waals surface area contributed by atoms with Gasteiger partial charge >= 0.3 is 0 Å². The summed E-state index contributed by atoms with van der Waals surface area (Å²) in [6.07, 6.45) is 4.40. The van der Waals surface area contributed by atoms with Gasteiger partial charge in [0.05, 0.1) is 16.7 Å². The van der Waals surface area contributed by atoms with Gasteiger partial charge in [0.25, 0.3) is 15.9 Å². The Morgan fingerprint density at radius 3 is 2.27 bits per heavy atom. The molecule has 2 amide bonds. The van der Waals surface area contributed by atoms with Crippen LogP contribution >= 0.6 is 0 Å². The first kappa shape index (κ1) is 21.9. The maximum Gasteiger partial charge on any atom is 0.264 e. The van der Waals surface area contributed by atoms with Crippen molar-refractivity contribution in [1.82, 2.24) is 5.32 Å². The zero-order valence-corrected chi connectivity index (χ0v) is 18.8. The standard InChI is InChI=1S/C24H26FN3O4S/c25-18-6-2-4-8-20(18)33(31,32)28-19-7-3-1-5-17(19)22(29)27-21-16-10-14-9-15(11-16)13-24(21,12-14)23(26)30/h1-8,14-16,21,28H,9-13H2,(H2,26,30)(H,27,29). The van der Waals surface area contributed by atoms with Crippen LogP contribution in [0.1, 0.15) is 42.5 Å². The van der Waals surface area contributed by atoms with Crippen molar-refractivity contribution in [3.8, 4) is 0 Å². The summed E-state index contributed by atoms with van der Waals surface area (Å²) in [6.45, 7) is 0. The topological polar surface area (TPSA) is 118 Å². The molecule has 0 aliphatic heterocycles. The van der Waals surface area contributed by atoms with Crippen molar-refractivity contribution < 1.29 is 22.4 Å². The van der Waals surface area contributed by atoms with Crippen LogP contribution in [0.2, 0.25) is 0 Å². The second-order valence-corrected chi connectivity index (χ2v) is 11.3. The highest BCUT2D eigenvalue weighted by Gasteiger charge is 2.60.